The van der Waals surface area contributed by atoms with Crippen LogP contribution in [0.5, 0.6) is 0 Å². The Morgan fingerprint density at radius 1 is 1.38 bits per heavy atom. The van der Waals surface area contributed by atoms with Crippen LogP contribution in [0.15, 0.2) is 18.2 Å². The molecular formula is C16H19ClN4. The van der Waals surface area contributed by atoms with E-state index in [1.807, 2.05) is 43.7 Å². The first-order valence-electron chi connectivity index (χ1n) is 7.09. The van der Waals surface area contributed by atoms with E-state index in [2.05, 4.69) is 16.5 Å². The number of aromatic nitrogens is 2. The first-order valence-corrected chi connectivity index (χ1v) is 7.47. The average molecular weight is 303 g/mol. The Kier molecular flexibility index (Phi) is 4.87. The lowest BCUT2D eigenvalue weighted by Crippen LogP contribution is -2.09. The van der Waals surface area contributed by atoms with E-state index >= 15 is 0 Å². The fourth-order valence-electron chi connectivity index (χ4n) is 2.33. The number of halogens is 1. The summed E-state index contributed by atoms with van der Waals surface area (Å²) in [5.74, 6) is 0. The molecule has 110 valence electrons. The number of nitrogens with one attached hydrogen (secondary N) is 1. The van der Waals surface area contributed by atoms with Crippen LogP contribution in [0.1, 0.15) is 36.4 Å². The summed E-state index contributed by atoms with van der Waals surface area (Å²) in [4.78, 5) is 0. The molecule has 0 unspecified atom stereocenters. The van der Waals surface area contributed by atoms with Crippen molar-refractivity contribution >= 4 is 17.3 Å². The third kappa shape index (κ3) is 3.03. The molecule has 1 heterocycles. The van der Waals surface area contributed by atoms with E-state index in [0.717, 1.165) is 40.6 Å². The highest BCUT2D eigenvalue weighted by atomic mass is 35.5. The van der Waals surface area contributed by atoms with Crippen LogP contribution < -0.4 is 5.32 Å². The minimum absolute atomic E-state index is 0.553. The second-order valence-electron chi connectivity index (χ2n) is 4.84. The van der Waals surface area contributed by atoms with E-state index in [1.54, 1.807) is 0 Å². The van der Waals surface area contributed by atoms with Gasteiger partial charge in [0.2, 0.25) is 0 Å². The fourth-order valence-corrected chi connectivity index (χ4v) is 2.66. The molecule has 0 fully saturated rings. The molecule has 1 N–H and O–H groups in total. The van der Waals surface area contributed by atoms with Crippen LogP contribution >= 0.6 is 11.6 Å². The molecule has 21 heavy (non-hydrogen) atoms. The summed E-state index contributed by atoms with van der Waals surface area (Å²) in [7, 11) is 0. The number of hydrogen-bond acceptors (Lipinski definition) is 3. The van der Waals surface area contributed by atoms with E-state index in [0.29, 0.717) is 12.1 Å². The van der Waals surface area contributed by atoms with Crippen molar-refractivity contribution in [1.29, 1.82) is 5.26 Å². The van der Waals surface area contributed by atoms with Crippen LogP contribution in [0.25, 0.3) is 0 Å². The fraction of sp³-hybridized carbons (Fsp3) is 0.375. The zero-order valence-corrected chi connectivity index (χ0v) is 13.3. The van der Waals surface area contributed by atoms with Gasteiger partial charge in [-0.3, -0.25) is 4.68 Å². The van der Waals surface area contributed by atoms with E-state index < -0.39 is 0 Å². The van der Waals surface area contributed by atoms with Gasteiger partial charge in [-0.15, -0.1) is 0 Å². The molecule has 0 aliphatic rings. The third-order valence-electron chi connectivity index (χ3n) is 3.53. The van der Waals surface area contributed by atoms with Gasteiger partial charge in [0.15, 0.2) is 0 Å². The van der Waals surface area contributed by atoms with E-state index in [9.17, 15) is 5.26 Å². The molecule has 0 aliphatic carbocycles. The molecule has 0 saturated carbocycles. The number of benzene rings is 1. The normalized spacial score (nSPS) is 10.4. The highest BCUT2D eigenvalue weighted by Crippen LogP contribution is 2.24. The monoisotopic (exact) mass is 302 g/mol. The van der Waals surface area contributed by atoms with Crippen molar-refractivity contribution in [2.75, 3.05) is 5.32 Å². The standard InChI is InChI=1S/C16H19ClN4/c1-4-13-16(17)15(21(5-2)20-13)10-19-14-8-6-7-11(3)12(14)9-18/h6-8,19H,4-5,10H2,1-3H3. The summed E-state index contributed by atoms with van der Waals surface area (Å²) in [5, 5.41) is 17.8. The molecule has 2 aromatic rings. The topological polar surface area (TPSA) is 53.6 Å². The molecule has 0 radical (unpaired) electrons. The smallest absolute Gasteiger partial charge is 0.102 e. The molecule has 0 bridgehead atoms. The summed E-state index contributed by atoms with van der Waals surface area (Å²) in [6.45, 7) is 7.34. The quantitative estimate of drug-likeness (QED) is 0.911. The Hall–Kier alpha value is -1.99. The van der Waals surface area contributed by atoms with Crippen LogP contribution in [-0.2, 0) is 19.5 Å². The van der Waals surface area contributed by atoms with Gasteiger partial charge in [0.05, 0.1) is 34.2 Å². The SMILES string of the molecule is CCc1nn(CC)c(CNc2cccc(C)c2C#N)c1Cl. The van der Waals surface area contributed by atoms with Crippen molar-refractivity contribution in [2.45, 2.75) is 40.3 Å². The van der Waals surface area contributed by atoms with Crippen LogP contribution in [0.4, 0.5) is 5.69 Å². The molecule has 2 rings (SSSR count). The molecule has 1 aromatic carbocycles. The van der Waals surface area contributed by atoms with Crippen molar-refractivity contribution in [3.05, 3.63) is 45.7 Å². The zero-order valence-electron chi connectivity index (χ0n) is 12.6. The molecule has 0 atom stereocenters. The highest BCUT2D eigenvalue weighted by molar-refractivity contribution is 6.31. The van der Waals surface area contributed by atoms with E-state index in [4.69, 9.17) is 11.6 Å². The average Bonchev–Trinajstić information content (AvgIpc) is 2.80. The summed E-state index contributed by atoms with van der Waals surface area (Å²) >= 11 is 6.39. The van der Waals surface area contributed by atoms with Gasteiger partial charge in [0.1, 0.15) is 6.07 Å². The first-order chi connectivity index (χ1) is 10.1. The maximum atomic E-state index is 9.26. The summed E-state index contributed by atoms with van der Waals surface area (Å²) in [6, 6.07) is 8.02. The van der Waals surface area contributed by atoms with Gasteiger partial charge in [-0.05, 0) is 31.9 Å². The number of aryl methyl sites for hydroxylation is 3. The Bertz CT molecular complexity index is 682. The lowest BCUT2D eigenvalue weighted by molar-refractivity contribution is 0.619. The Morgan fingerprint density at radius 3 is 2.76 bits per heavy atom. The maximum Gasteiger partial charge on any atom is 0.102 e. The van der Waals surface area contributed by atoms with Crippen molar-refractivity contribution in [2.24, 2.45) is 0 Å². The van der Waals surface area contributed by atoms with Gasteiger partial charge in [0.25, 0.3) is 0 Å². The predicted octanol–water partition coefficient (Wildman–Crippen LogP) is 3.91. The zero-order chi connectivity index (χ0) is 15.4. The molecule has 0 amide bonds. The van der Waals surface area contributed by atoms with Crippen molar-refractivity contribution in [3.8, 4) is 6.07 Å². The van der Waals surface area contributed by atoms with Gasteiger partial charge < -0.3 is 5.32 Å². The Labute approximate surface area is 130 Å². The molecule has 0 spiro atoms. The Balaban J connectivity index is 2.27. The lowest BCUT2D eigenvalue weighted by atomic mass is 10.1. The second kappa shape index (κ2) is 6.64. The van der Waals surface area contributed by atoms with E-state index in [1.165, 1.54) is 0 Å². The molecule has 4 nitrogen and oxygen atoms in total. The minimum atomic E-state index is 0.553. The number of anilines is 1. The summed E-state index contributed by atoms with van der Waals surface area (Å²) < 4.78 is 1.91. The first kappa shape index (κ1) is 15.4. The molecule has 5 heteroatoms. The highest BCUT2D eigenvalue weighted by Gasteiger charge is 2.14. The molecular weight excluding hydrogens is 284 g/mol. The number of hydrogen-bond donors (Lipinski definition) is 1. The van der Waals surface area contributed by atoms with Gasteiger partial charge in [-0.1, -0.05) is 30.7 Å². The third-order valence-corrected chi connectivity index (χ3v) is 3.96. The number of nitrogens with zero attached hydrogens (tertiary/aromatic N) is 3. The molecule has 0 saturated heterocycles. The minimum Gasteiger partial charge on any atom is -0.378 e. The molecule has 1 aromatic heterocycles. The van der Waals surface area contributed by atoms with Crippen LogP contribution in [0, 0.1) is 18.3 Å². The van der Waals surface area contributed by atoms with Crippen LogP contribution in [0.3, 0.4) is 0 Å². The summed E-state index contributed by atoms with van der Waals surface area (Å²) in [6.07, 6.45) is 0.812. The second-order valence-corrected chi connectivity index (χ2v) is 5.22. The number of rotatable bonds is 5. The Morgan fingerprint density at radius 2 is 2.14 bits per heavy atom. The van der Waals surface area contributed by atoms with Gasteiger partial charge in [0, 0.05) is 6.54 Å². The summed E-state index contributed by atoms with van der Waals surface area (Å²) in [5.41, 5.74) is 4.34. The van der Waals surface area contributed by atoms with Gasteiger partial charge in [-0.2, -0.15) is 10.4 Å². The van der Waals surface area contributed by atoms with Crippen molar-refractivity contribution < 1.29 is 0 Å². The van der Waals surface area contributed by atoms with E-state index in [-0.39, 0.29) is 0 Å². The van der Waals surface area contributed by atoms with Crippen LogP contribution in [-0.4, -0.2) is 9.78 Å². The van der Waals surface area contributed by atoms with Crippen molar-refractivity contribution in [3.63, 3.8) is 0 Å². The maximum absolute atomic E-state index is 9.26. The number of nitriles is 1. The van der Waals surface area contributed by atoms with Crippen LogP contribution in [0.2, 0.25) is 5.02 Å². The largest absolute Gasteiger partial charge is 0.378 e. The lowest BCUT2D eigenvalue weighted by Gasteiger charge is -2.11. The van der Waals surface area contributed by atoms with Gasteiger partial charge in [-0.25, -0.2) is 0 Å². The van der Waals surface area contributed by atoms with Crippen molar-refractivity contribution in [1.82, 2.24) is 9.78 Å². The van der Waals surface area contributed by atoms with Gasteiger partial charge >= 0.3 is 0 Å². The predicted molar refractivity (Wildman–Crippen MR) is 85.5 cm³/mol. The molecule has 0 aliphatic heterocycles.